The molecule has 3 atom stereocenters. The van der Waals surface area contributed by atoms with Crippen molar-refractivity contribution in [3.8, 4) is 0 Å². The van der Waals surface area contributed by atoms with E-state index in [1.165, 1.54) is 12.8 Å². The first-order valence-electron chi connectivity index (χ1n) is 7.33. The summed E-state index contributed by atoms with van der Waals surface area (Å²) >= 11 is 0. The van der Waals surface area contributed by atoms with E-state index in [4.69, 9.17) is 9.47 Å². The summed E-state index contributed by atoms with van der Waals surface area (Å²) in [4.78, 5) is 2.36. The first kappa shape index (κ1) is 15.2. The molecule has 0 aromatic heterocycles. The van der Waals surface area contributed by atoms with Gasteiger partial charge in [0, 0.05) is 33.9 Å². The minimum atomic E-state index is -0.143. The van der Waals surface area contributed by atoms with E-state index in [2.05, 4.69) is 17.1 Å². The molecular weight excluding hydrogens is 244 g/mol. The summed E-state index contributed by atoms with van der Waals surface area (Å²) in [5, 5.41) is 13.4. The van der Waals surface area contributed by atoms with Crippen LogP contribution in [-0.4, -0.2) is 74.8 Å². The molecule has 2 aliphatic rings. The van der Waals surface area contributed by atoms with Crippen LogP contribution in [-0.2, 0) is 9.47 Å². The quantitative estimate of drug-likeness (QED) is 0.655. The summed E-state index contributed by atoms with van der Waals surface area (Å²) in [6, 6.07) is 0. The molecule has 0 radical (unpaired) electrons. The number of aliphatic hydroxyl groups is 1. The minimum Gasteiger partial charge on any atom is -0.394 e. The second-order valence-corrected chi connectivity index (χ2v) is 5.86. The molecule has 1 aliphatic carbocycles. The van der Waals surface area contributed by atoms with Gasteiger partial charge in [0.05, 0.1) is 24.4 Å². The zero-order valence-corrected chi connectivity index (χ0v) is 12.4. The van der Waals surface area contributed by atoms with E-state index < -0.39 is 0 Å². The van der Waals surface area contributed by atoms with Gasteiger partial charge in [-0.05, 0) is 25.3 Å². The summed E-state index contributed by atoms with van der Waals surface area (Å²) < 4.78 is 11.0. The number of aliphatic hydroxyl groups excluding tert-OH is 1. The Balaban J connectivity index is 1.98. The Bertz CT molecular complexity index is 274. The van der Waals surface area contributed by atoms with Crippen LogP contribution in [0.15, 0.2) is 0 Å². The molecule has 19 heavy (non-hydrogen) atoms. The van der Waals surface area contributed by atoms with Crippen molar-refractivity contribution in [2.24, 2.45) is 5.92 Å². The maximum atomic E-state index is 9.87. The molecule has 2 N–H and O–H groups in total. The highest BCUT2D eigenvalue weighted by Gasteiger charge is 2.47. The summed E-state index contributed by atoms with van der Waals surface area (Å²) in [6.07, 6.45) is 2.73. The van der Waals surface area contributed by atoms with Gasteiger partial charge in [0.15, 0.2) is 0 Å². The Morgan fingerprint density at radius 1 is 1.21 bits per heavy atom. The summed E-state index contributed by atoms with van der Waals surface area (Å²) in [5.41, 5.74) is -0.143. The molecule has 1 saturated heterocycles. The molecule has 1 heterocycles. The van der Waals surface area contributed by atoms with Gasteiger partial charge in [-0.25, -0.2) is 0 Å². The number of rotatable bonds is 8. The first-order valence-corrected chi connectivity index (χ1v) is 7.33. The zero-order chi connectivity index (χ0) is 13.9. The van der Waals surface area contributed by atoms with E-state index in [9.17, 15) is 5.11 Å². The second-order valence-electron chi connectivity index (χ2n) is 5.86. The maximum absolute atomic E-state index is 9.87. The highest BCUT2D eigenvalue weighted by Crippen LogP contribution is 2.40. The standard InChI is InChI=1S/C14H28N2O3/c1-4-15-14(10-17,11-5-6-11)9-16-7-12(18-2)13(8-16)19-3/h11-13,15,17H,4-10H2,1-3H3. The molecule has 0 aromatic carbocycles. The van der Waals surface area contributed by atoms with Crippen LogP contribution in [0.25, 0.3) is 0 Å². The van der Waals surface area contributed by atoms with Gasteiger partial charge in [-0.3, -0.25) is 4.90 Å². The van der Waals surface area contributed by atoms with Crippen molar-refractivity contribution in [2.45, 2.75) is 37.5 Å². The van der Waals surface area contributed by atoms with Crippen molar-refractivity contribution in [2.75, 3.05) is 47.0 Å². The van der Waals surface area contributed by atoms with E-state index in [0.717, 1.165) is 26.2 Å². The normalized spacial score (nSPS) is 31.6. The van der Waals surface area contributed by atoms with E-state index in [-0.39, 0.29) is 24.4 Å². The number of ether oxygens (including phenoxy) is 2. The van der Waals surface area contributed by atoms with Gasteiger partial charge in [0.2, 0.25) is 0 Å². The highest BCUT2D eigenvalue weighted by atomic mass is 16.5. The molecule has 3 unspecified atom stereocenters. The SMILES string of the molecule is CCNC(CO)(CN1CC(OC)C(OC)C1)C1CC1. The Morgan fingerprint density at radius 3 is 2.16 bits per heavy atom. The monoisotopic (exact) mass is 272 g/mol. The minimum absolute atomic E-state index is 0.141. The van der Waals surface area contributed by atoms with Crippen molar-refractivity contribution >= 4 is 0 Å². The second kappa shape index (κ2) is 6.50. The van der Waals surface area contributed by atoms with Crippen LogP contribution in [0.2, 0.25) is 0 Å². The first-order chi connectivity index (χ1) is 9.19. The predicted octanol–water partition coefficient (Wildman–Crippen LogP) is 0.0826. The summed E-state index contributed by atoms with van der Waals surface area (Å²) in [5.74, 6) is 0.611. The van der Waals surface area contributed by atoms with Gasteiger partial charge in [-0.1, -0.05) is 6.92 Å². The smallest absolute Gasteiger partial charge is 0.0971 e. The zero-order valence-electron chi connectivity index (χ0n) is 12.4. The van der Waals surface area contributed by atoms with Gasteiger partial charge in [-0.2, -0.15) is 0 Å². The van der Waals surface area contributed by atoms with Gasteiger partial charge < -0.3 is 19.9 Å². The molecule has 2 rings (SSSR count). The molecule has 1 saturated carbocycles. The molecule has 5 nitrogen and oxygen atoms in total. The molecule has 0 bridgehead atoms. The van der Waals surface area contributed by atoms with Crippen LogP contribution in [0.4, 0.5) is 0 Å². The fourth-order valence-electron chi connectivity index (χ4n) is 3.35. The lowest BCUT2D eigenvalue weighted by Crippen LogP contribution is -2.57. The molecule has 0 aromatic rings. The molecule has 112 valence electrons. The van der Waals surface area contributed by atoms with Gasteiger partial charge in [0.25, 0.3) is 0 Å². The fraction of sp³-hybridized carbons (Fsp3) is 1.00. The van der Waals surface area contributed by atoms with Crippen LogP contribution < -0.4 is 5.32 Å². The van der Waals surface area contributed by atoms with Crippen molar-refractivity contribution in [3.63, 3.8) is 0 Å². The van der Waals surface area contributed by atoms with Crippen LogP contribution in [0.1, 0.15) is 19.8 Å². The van der Waals surface area contributed by atoms with Crippen LogP contribution in [0, 0.1) is 5.92 Å². The lowest BCUT2D eigenvalue weighted by molar-refractivity contribution is -0.00461. The van der Waals surface area contributed by atoms with E-state index >= 15 is 0 Å². The summed E-state index contributed by atoms with van der Waals surface area (Å²) in [6.45, 7) is 5.85. The fourth-order valence-corrected chi connectivity index (χ4v) is 3.35. The van der Waals surface area contributed by atoms with Crippen LogP contribution in [0.5, 0.6) is 0 Å². The van der Waals surface area contributed by atoms with E-state index in [0.29, 0.717) is 5.92 Å². The molecule has 0 amide bonds. The number of likely N-dealkylation sites (tertiary alicyclic amines) is 1. The molecule has 2 fully saturated rings. The third-order valence-corrected chi connectivity index (χ3v) is 4.57. The van der Waals surface area contributed by atoms with Gasteiger partial charge in [0.1, 0.15) is 0 Å². The Morgan fingerprint density at radius 2 is 1.79 bits per heavy atom. The average Bonchev–Trinajstić information content (AvgIpc) is 3.20. The van der Waals surface area contributed by atoms with Crippen LogP contribution >= 0.6 is 0 Å². The average molecular weight is 272 g/mol. The summed E-state index contributed by atoms with van der Waals surface area (Å²) in [7, 11) is 3.48. The van der Waals surface area contributed by atoms with Crippen molar-refractivity contribution in [3.05, 3.63) is 0 Å². The number of nitrogens with one attached hydrogen (secondary N) is 1. The van der Waals surface area contributed by atoms with E-state index in [1.807, 2.05) is 0 Å². The molecular formula is C14H28N2O3. The molecule has 5 heteroatoms. The Hall–Kier alpha value is -0.200. The lowest BCUT2D eigenvalue weighted by atomic mass is 9.93. The van der Waals surface area contributed by atoms with Crippen molar-refractivity contribution < 1.29 is 14.6 Å². The van der Waals surface area contributed by atoms with Crippen LogP contribution in [0.3, 0.4) is 0 Å². The Kier molecular flexibility index (Phi) is 5.20. The lowest BCUT2D eigenvalue weighted by Gasteiger charge is -2.37. The third kappa shape index (κ3) is 3.28. The Labute approximate surface area is 116 Å². The number of likely N-dealkylation sites (N-methyl/N-ethyl adjacent to an activating group) is 1. The number of hydrogen-bond acceptors (Lipinski definition) is 5. The third-order valence-electron chi connectivity index (χ3n) is 4.57. The van der Waals surface area contributed by atoms with E-state index in [1.54, 1.807) is 14.2 Å². The van der Waals surface area contributed by atoms with Crippen molar-refractivity contribution in [1.29, 1.82) is 0 Å². The highest BCUT2D eigenvalue weighted by molar-refractivity contribution is 5.04. The number of methoxy groups -OCH3 is 2. The predicted molar refractivity (Wildman–Crippen MR) is 74.3 cm³/mol. The molecule has 0 spiro atoms. The van der Waals surface area contributed by atoms with Crippen molar-refractivity contribution in [1.82, 2.24) is 10.2 Å². The maximum Gasteiger partial charge on any atom is 0.0971 e. The van der Waals surface area contributed by atoms with Gasteiger partial charge in [-0.15, -0.1) is 0 Å². The van der Waals surface area contributed by atoms with Gasteiger partial charge >= 0.3 is 0 Å². The number of hydrogen-bond donors (Lipinski definition) is 2. The topological polar surface area (TPSA) is 54.0 Å². The largest absolute Gasteiger partial charge is 0.394 e. The molecule has 1 aliphatic heterocycles. The number of nitrogens with zero attached hydrogens (tertiary/aromatic N) is 1.